The summed E-state index contributed by atoms with van der Waals surface area (Å²) in [5.41, 5.74) is 0. The summed E-state index contributed by atoms with van der Waals surface area (Å²) < 4.78 is 27.3. The standard InChI is InChI=1S/C12H17F2NO2/c13-12(14)8-1-2-9(12)6-15(5-8)11(17)7-3-10(16)4-7/h7-10,16H,1-6H2. The van der Waals surface area contributed by atoms with Crippen molar-refractivity contribution in [3.8, 4) is 0 Å². The summed E-state index contributed by atoms with van der Waals surface area (Å²) in [6.45, 7) is 0.407. The number of piperidine rings is 1. The van der Waals surface area contributed by atoms with Crippen LogP contribution in [0.1, 0.15) is 25.7 Å². The Morgan fingerprint density at radius 3 is 2.18 bits per heavy atom. The molecule has 5 heteroatoms. The van der Waals surface area contributed by atoms with Crippen molar-refractivity contribution in [3.63, 3.8) is 0 Å². The minimum atomic E-state index is -2.57. The van der Waals surface area contributed by atoms with E-state index < -0.39 is 17.8 Å². The normalized spacial score (nSPS) is 43.4. The largest absolute Gasteiger partial charge is 0.393 e. The van der Waals surface area contributed by atoms with Gasteiger partial charge in [-0.05, 0) is 25.7 Å². The molecule has 1 saturated heterocycles. The maximum Gasteiger partial charge on any atom is 0.257 e. The highest BCUT2D eigenvalue weighted by molar-refractivity contribution is 5.80. The van der Waals surface area contributed by atoms with Gasteiger partial charge in [-0.25, -0.2) is 8.78 Å². The Kier molecular flexibility index (Phi) is 2.44. The van der Waals surface area contributed by atoms with Crippen molar-refractivity contribution in [3.05, 3.63) is 0 Å². The summed E-state index contributed by atoms with van der Waals surface area (Å²) in [5.74, 6) is -4.01. The van der Waals surface area contributed by atoms with E-state index in [4.69, 9.17) is 0 Å². The lowest BCUT2D eigenvalue weighted by atomic mass is 9.80. The molecule has 3 aliphatic rings. The van der Waals surface area contributed by atoms with Crippen LogP contribution in [0, 0.1) is 17.8 Å². The van der Waals surface area contributed by atoms with Crippen molar-refractivity contribution in [2.24, 2.45) is 17.8 Å². The lowest BCUT2D eigenvalue weighted by molar-refractivity contribution is -0.158. The van der Waals surface area contributed by atoms with E-state index in [1.807, 2.05) is 0 Å². The molecule has 1 N–H and O–H groups in total. The smallest absolute Gasteiger partial charge is 0.257 e. The highest BCUT2D eigenvalue weighted by Crippen LogP contribution is 2.49. The third-order valence-electron chi connectivity index (χ3n) is 4.61. The van der Waals surface area contributed by atoms with Crippen LogP contribution in [-0.4, -0.2) is 41.0 Å². The summed E-state index contributed by atoms with van der Waals surface area (Å²) >= 11 is 0. The van der Waals surface area contributed by atoms with E-state index in [1.54, 1.807) is 4.90 Å². The van der Waals surface area contributed by atoms with Gasteiger partial charge < -0.3 is 10.0 Å². The SMILES string of the molecule is O=C(C1CC(O)C1)N1CC2CCC(C1)C2(F)F. The van der Waals surface area contributed by atoms with Crippen LogP contribution < -0.4 is 0 Å². The molecular formula is C12H17F2NO2. The minimum absolute atomic E-state index is 0.0253. The van der Waals surface area contributed by atoms with Gasteiger partial charge in [0.2, 0.25) is 5.91 Å². The molecule has 1 aliphatic heterocycles. The molecular weight excluding hydrogens is 228 g/mol. The topological polar surface area (TPSA) is 40.5 Å². The average Bonchev–Trinajstić information content (AvgIpc) is 2.43. The Labute approximate surface area is 98.8 Å². The molecule has 3 rings (SSSR count). The summed E-state index contributed by atoms with van der Waals surface area (Å²) in [7, 11) is 0. The van der Waals surface area contributed by atoms with Gasteiger partial charge in [-0.2, -0.15) is 0 Å². The van der Waals surface area contributed by atoms with Gasteiger partial charge in [-0.15, -0.1) is 0 Å². The van der Waals surface area contributed by atoms with E-state index in [-0.39, 0.29) is 31.0 Å². The van der Waals surface area contributed by atoms with Gasteiger partial charge in [0, 0.05) is 30.8 Å². The predicted octanol–water partition coefficient (Wildman–Crippen LogP) is 1.26. The first-order valence-electron chi connectivity index (χ1n) is 6.33. The summed E-state index contributed by atoms with van der Waals surface area (Å²) in [6.07, 6.45) is 1.71. The number of hydrogen-bond acceptors (Lipinski definition) is 2. The Bertz CT molecular complexity index is 325. The van der Waals surface area contributed by atoms with Crippen molar-refractivity contribution in [1.82, 2.24) is 4.90 Å². The minimum Gasteiger partial charge on any atom is -0.393 e. The van der Waals surface area contributed by atoms with E-state index in [9.17, 15) is 18.7 Å². The fraction of sp³-hybridized carbons (Fsp3) is 0.917. The monoisotopic (exact) mass is 245 g/mol. The lowest BCUT2D eigenvalue weighted by Crippen LogP contribution is -2.54. The van der Waals surface area contributed by atoms with Crippen molar-refractivity contribution in [2.45, 2.75) is 37.7 Å². The fourth-order valence-electron chi connectivity index (χ4n) is 3.38. The van der Waals surface area contributed by atoms with Gasteiger partial charge >= 0.3 is 0 Å². The van der Waals surface area contributed by atoms with Crippen LogP contribution in [0.3, 0.4) is 0 Å². The average molecular weight is 245 g/mol. The van der Waals surface area contributed by atoms with Crippen LogP contribution >= 0.6 is 0 Å². The number of aliphatic hydroxyl groups is 1. The van der Waals surface area contributed by atoms with Gasteiger partial charge in [0.1, 0.15) is 0 Å². The van der Waals surface area contributed by atoms with Crippen LogP contribution in [0.25, 0.3) is 0 Å². The number of nitrogens with zero attached hydrogens (tertiary/aromatic N) is 1. The molecule has 2 unspecified atom stereocenters. The van der Waals surface area contributed by atoms with Gasteiger partial charge in [-0.1, -0.05) is 0 Å². The molecule has 96 valence electrons. The number of aliphatic hydroxyl groups excluding tert-OH is 1. The number of amides is 1. The number of likely N-dealkylation sites (tertiary alicyclic amines) is 1. The van der Waals surface area contributed by atoms with Crippen LogP contribution in [0.2, 0.25) is 0 Å². The number of alkyl halides is 2. The van der Waals surface area contributed by atoms with E-state index in [1.165, 1.54) is 0 Å². The van der Waals surface area contributed by atoms with Gasteiger partial charge in [-0.3, -0.25) is 4.79 Å². The molecule has 1 heterocycles. The van der Waals surface area contributed by atoms with Gasteiger partial charge in [0.25, 0.3) is 5.92 Å². The third kappa shape index (κ3) is 1.66. The molecule has 0 aromatic heterocycles. The first-order valence-corrected chi connectivity index (χ1v) is 6.33. The highest BCUT2D eigenvalue weighted by atomic mass is 19.3. The molecule has 17 heavy (non-hydrogen) atoms. The van der Waals surface area contributed by atoms with E-state index in [2.05, 4.69) is 0 Å². The van der Waals surface area contributed by atoms with Crippen molar-refractivity contribution >= 4 is 5.91 Å². The van der Waals surface area contributed by atoms with E-state index in [0.717, 1.165) is 0 Å². The lowest BCUT2D eigenvalue weighted by Gasteiger charge is -2.41. The summed E-state index contributed by atoms with van der Waals surface area (Å²) in [6, 6.07) is 0. The number of rotatable bonds is 1. The van der Waals surface area contributed by atoms with E-state index >= 15 is 0 Å². The Morgan fingerprint density at radius 1 is 1.18 bits per heavy atom. The molecule has 3 fully saturated rings. The number of carbonyl (C=O) groups excluding carboxylic acids is 1. The molecule has 2 atom stereocenters. The molecule has 0 spiro atoms. The zero-order valence-corrected chi connectivity index (χ0v) is 9.61. The zero-order chi connectivity index (χ0) is 12.2. The molecule has 0 aromatic rings. The van der Waals surface area contributed by atoms with Crippen molar-refractivity contribution in [1.29, 1.82) is 0 Å². The van der Waals surface area contributed by atoms with Gasteiger partial charge in [0.05, 0.1) is 6.10 Å². The second kappa shape index (κ2) is 3.64. The summed E-state index contributed by atoms with van der Waals surface area (Å²) in [5, 5.41) is 9.17. The maximum atomic E-state index is 13.7. The predicted molar refractivity (Wildman–Crippen MR) is 56.5 cm³/mol. The van der Waals surface area contributed by atoms with Crippen molar-refractivity contribution < 1.29 is 18.7 Å². The van der Waals surface area contributed by atoms with Crippen LogP contribution in [0.4, 0.5) is 8.78 Å². The van der Waals surface area contributed by atoms with Gasteiger partial charge in [0.15, 0.2) is 0 Å². The second-order valence-corrected chi connectivity index (χ2v) is 5.71. The number of hydrogen-bond donors (Lipinski definition) is 1. The van der Waals surface area contributed by atoms with Crippen LogP contribution in [0.5, 0.6) is 0 Å². The fourth-order valence-corrected chi connectivity index (χ4v) is 3.38. The first-order chi connectivity index (χ1) is 7.98. The molecule has 2 bridgehead atoms. The maximum absolute atomic E-state index is 13.7. The zero-order valence-electron chi connectivity index (χ0n) is 9.61. The number of carbonyl (C=O) groups is 1. The first kappa shape index (κ1) is 11.4. The molecule has 1 amide bonds. The molecule has 0 radical (unpaired) electrons. The third-order valence-corrected chi connectivity index (χ3v) is 4.61. The quantitative estimate of drug-likeness (QED) is 0.755. The van der Waals surface area contributed by atoms with Crippen molar-refractivity contribution in [2.75, 3.05) is 13.1 Å². The molecule has 2 aliphatic carbocycles. The highest BCUT2D eigenvalue weighted by Gasteiger charge is 2.57. The Balaban J connectivity index is 1.66. The number of halogens is 2. The second-order valence-electron chi connectivity index (χ2n) is 5.71. The van der Waals surface area contributed by atoms with E-state index in [0.29, 0.717) is 25.7 Å². The Hall–Kier alpha value is -0.710. The summed E-state index contributed by atoms with van der Waals surface area (Å²) in [4.78, 5) is 13.6. The molecule has 0 aromatic carbocycles. The Morgan fingerprint density at radius 2 is 1.71 bits per heavy atom. The molecule has 2 saturated carbocycles. The number of fused-ring (bicyclic) bond motifs is 2. The van der Waals surface area contributed by atoms with Crippen LogP contribution in [0.15, 0.2) is 0 Å². The molecule has 3 nitrogen and oxygen atoms in total. The van der Waals surface area contributed by atoms with Crippen LogP contribution in [-0.2, 0) is 4.79 Å².